The van der Waals surface area contributed by atoms with E-state index in [1.807, 2.05) is 20.8 Å². The Morgan fingerprint density at radius 1 is 1.41 bits per heavy atom. The van der Waals surface area contributed by atoms with Gasteiger partial charge >= 0.3 is 5.97 Å². The molecule has 0 aromatic heterocycles. The van der Waals surface area contributed by atoms with Gasteiger partial charge in [-0.3, -0.25) is 0 Å². The smallest absolute Gasteiger partial charge is 0.333 e. The SMILES string of the molecule is C=C(C[C@H](C)CNCCC)C(=O)OC(C)(C)C. The third-order valence-electron chi connectivity index (χ3n) is 2.20. The summed E-state index contributed by atoms with van der Waals surface area (Å²) in [5, 5.41) is 3.33. The monoisotopic (exact) mass is 241 g/mol. The summed E-state index contributed by atoms with van der Waals surface area (Å²) in [6.45, 7) is 15.6. The Labute approximate surface area is 106 Å². The highest BCUT2D eigenvalue weighted by Gasteiger charge is 2.19. The van der Waals surface area contributed by atoms with Crippen LogP contribution in [0.5, 0.6) is 0 Å². The van der Waals surface area contributed by atoms with E-state index in [2.05, 4.69) is 25.7 Å². The third-order valence-corrected chi connectivity index (χ3v) is 2.20. The summed E-state index contributed by atoms with van der Waals surface area (Å²) in [5.41, 5.74) is 0.120. The van der Waals surface area contributed by atoms with Crippen LogP contribution in [0.1, 0.15) is 47.5 Å². The van der Waals surface area contributed by atoms with Crippen LogP contribution in [0.3, 0.4) is 0 Å². The number of hydrogen-bond donors (Lipinski definition) is 1. The van der Waals surface area contributed by atoms with Gasteiger partial charge in [-0.05, 0) is 52.6 Å². The summed E-state index contributed by atoms with van der Waals surface area (Å²) in [4.78, 5) is 11.7. The van der Waals surface area contributed by atoms with Gasteiger partial charge < -0.3 is 10.1 Å². The van der Waals surface area contributed by atoms with Crippen LogP contribution < -0.4 is 5.32 Å². The molecule has 0 fully saturated rings. The van der Waals surface area contributed by atoms with Crippen LogP contribution in [0.25, 0.3) is 0 Å². The van der Waals surface area contributed by atoms with Crippen molar-refractivity contribution in [2.75, 3.05) is 13.1 Å². The molecule has 0 amide bonds. The average Bonchev–Trinajstić information content (AvgIpc) is 2.15. The third kappa shape index (κ3) is 8.93. The summed E-state index contributed by atoms with van der Waals surface area (Å²) >= 11 is 0. The maximum Gasteiger partial charge on any atom is 0.333 e. The van der Waals surface area contributed by atoms with E-state index < -0.39 is 5.60 Å². The van der Waals surface area contributed by atoms with Crippen molar-refractivity contribution in [3.63, 3.8) is 0 Å². The molecule has 0 saturated heterocycles. The Balaban J connectivity index is 3.95. The largest absolute Gasteiger partial charge is 0.457 e. The van der Waals surface area contributed by atoms with E-state index in [0.717, 1.165) is 19.5 Å². The molecule has 0 saturated carbocycles. The van der Waals surface area contributed by atoms with Gasteiger partial charge in [0.1, 0.15) is 5.60 Å². The van der Waals surface area contributed by atoms with Gasteiger partial charge in [0.25, 0.3) is 0 Å². The second-order valence-corrected chi connectivity index (χ2v) is 5.62. The van der Waals surface area contributed by atoms with Crippen LogP contribution in [-0.4, -0.2) is 24.7 Å². The average molecular weight is 241 g/mol. The molecule has 1 atom stereocenters. The first-order valence-electron chi connectivity index (χ1n) is 6.38. The number of esters is 1. The van der Waals surface area contributed by atoms with E-state index in [-0.39, 0.29) is 5.97 Å². The number of hydrogen-bond acceptors (Lipinski definition) is 3. The maximum atomic E-state index is 11.7. The number of rotatable bonds is 7. The van der Waals surface area contributed by atoms with Gasteiger partial charge in [0.05, 0.1) is 0 Å². The summed E-state index contributed by atoms with van der Waals surface area (Å²) in [6.07, 6.45) is 1.81. The van der Waals surface area contributed by atoms with Crippen LogP contribution in [0.15, 0.2) is 12.2 Å². The van der Waals surface area contributed by atoms with Crippen molar-refractivity contribution in [3.8, 4) is 0 Å². The Bertz CT molecular complexity index is 253. The Morgan fingerprint density at radius 3 is 2.47 bits per heavy atom. The van der Waals surface area contributed by atoms with Crippen molar-refractivity contribution in [2.24, 2.45) is 5.92 Å². The van der Waals surface area contributed by atoms with Crippen molar-refractivity contribution in [1.29, 1.82) is 0 Å². The fraction of sp³-hybridized carbons (Fsp3) is 0.786. The zero-order valence-electron chi connectivity index (χ0n) is 11.9. The molecule has 100 valence electrons. The highest BCUT2D eigenvalue weighted by molar-refractivity contribution is 5.87. The van der Waals surface area contributed by atoms with Crippen molar-refractivity contribution in [1.82, 2.24) is 5.32 Å². The molecular weight excluding hydrogens is 214 g/mol. The van der Waals surface area contributed by atoms with Gasteiger partial charge in [0.15, 0.2) is 0 Å². The van der Waals surface area contributed by atoms with Gasteiger partial charge in [-0.2, -0.15) is 0 Å². The van der Waals surface area contributed by atoms with Crippen LogP contribution in [-0.2, 0) is 9.53 Å². The molecule has 0 rings (SSSR count). The van der Waals surface area contributed by atoms with Gasteiger partial charge in [0.2, 0.25) is 0 Å². The van der Waals surface area contributed by atoms with E-state index in [4.69, 9.17) is 4.74 Å². The minimum Gasteiger partial charge on any atom is -0.457 e. The van der Waals surface area contributed by atoms with Crippen molar-refractivity contribution >= 4 is 5.97 Å². The second kappa shape index (κ2) is 7.49. The normalized spacial score (nSPS) is 13.2. The highest BCUT2D eigenvalue weighted by atomic mass is 16.6. The van der Waals surface area contributed by atoms with E-state index >= 15 is 0 Å². The molecule has 0 bridgehead atoms. The molecule has 0 aliphatic rings. The molecule has 0 aromatic carbocycles. The van der Waals surface area contributed by atoms with E-state index in [0.29, 0.717) is 17.9 Å². The molecule has 0 aromatic rings. The quantitative estimate of drug-likeness (QED) is 0.423. The molecule has 3 heteroatoms. The molecule has 1 N–H and O–H groups in total. The fourth-order valence-electron chi connectivity index (χ4n) is 1.45. The number of nitrogens with one attached hydrogen (secondary N) is 1. The molecule has 0 heterocycles. The number of ether oxygens (including phenoxy) is 1. The summed E-state index contributed by atoms with van der Waals surface area (Å²) < 4.78 is 5.27. The minimum atomic E-state index is -0.441. The topological polar surface area (TPSA) is 38.3 Å². The second-order valence-electron chi connectivity index (χ2n) is 5.62. The standard InChI is InChI=1S/C14H27NO2/c1-7-8-15-10-11(2)9-12(3)13(16)17-14(4,5)6/h11,15H,3,7-10H2,1-2,4-6H3/t11-/m0/s1. The summed E-state index contributed by atoms with van der Waals surface area (Å²) in [5.74, 6) is 0.126. The molecule has 0 radical (unpaired) electrons. The first kappa shape index (κ1) is 16.2. The number of carbonyl (C=O) groups is 1. The minimum absolute atomic E-state index is 0.278. The van der Waals surface area contributed by atoms with Gasteiger partial charge in [-0.15, -0.1) is 0 Å². The van der Waals surface area contributed by atoms with Crippen LogP contribution in [0.4, 0.5) is 0 Å². The van der Waals surface area contributed by atoms with E-state index in [1.165, 1.54) is 0 Å². The van der Waals surface area contributed by atoms with E-state index in [9.17, 15) is 4.79 Å². The lowest BCUT2D eigenvalue weighted by atomic mass is 10.0. The molecule has 0 aliphatic carbocycles. The predicted molar refractivity (Wildman–Crippen MR) is 71.9 cm³/mol. The first-order chi connectivity index (χ1) is 7.76. The van der Waals surface area contributed by atoms with Gasteiger partial charge in [-0.1, -0.05) is 20.4 Å². The molecule has 0 aliphatic heterocycles. The summed E-state index contributed by atoms with van der Waals surface area (Å²) in [6, 6.07) is 0. The van der Waals surface area contributed by atoms with Gasteiger partial charge in [-0.25, -0.2) is 4.79 Å². The summed E-state index contributed by atoms with van der Waals surface area (Å²) in [7, 11) is 0. The maximum absolute atomic E-state index is 11.7. The lowest BCUT2D eigenvalue weighted by Crippen LogP contribution is -2.27. The van der Waals surface area contributed by atoms with Crippen LogP contribution in [0, 0.1) is 5.92 Å². The van der Waals surface area contributed by atoms with Crippen molar-refractivity contribution in [2.45, 2.75) is 53.1 Å². The highest BCUT2D eigenvalue weighted by Crippen LogP contribution is 2.15. The van der Waals surface area contributed by atoms with Crippen LogP contribution >= 0.6 is 0 Å². The van der Waals surface area contributed by atoms with Crippen molar-refractivity contribution in [3.05, 3.63) is 12.2 Å². The zero-order chi connectivity index (χ0) is 13.5. The molecule has 17 heavy (non-hydrogen) atoms. The molecule has 0 spiro atoms. The van der Waals surface area contributed by atoms with Gasteiger partial charge in [0, 0.05) is 5.57 Å². The fourth-order valence-corrected chi connectivity index (χ4v) is 1.45. The first-order valence-corrected chi connectivity index (χ1v) is 6.38. The lowest BCUT2D eigenvalue weighted by molar-refractivity contribution is -0.150. The molecule has 3 nitrogen and oxygen atoms in total. The Kier molecular flexibility index (Phi) is 7.12. The van der Waals surface area contributed by atoms with E-state index in [1.54, 1.807) is 0 Å². The Morgan fingerprint density at radius 2 is 2.00 bits per heavy atom. The van der Waals surface area contributed by atoms with Crippen molar-refractivity contribution < 1.29 is 9.53 Å². The zero-order valence-corrected chi connectivity index (χ0v) is 11.9. The number of carbonyl (C=O) groups excluding carboxylic acids is 1. The van der Waals surface area contributed by atoms with Crippen LogP contribution in [0.2, 0.25) is 0 Å². The molecular formula is C14H27NO2. The molecule has 0 unspecified atom stereocenters. The Hall–Kier alpha value is -0.830. The predicted octanol–water partition coefficient (Wildman–Crippen LogP) is 2.91. The lowest BCUT2D eigenvalue weighted by Gasteiger charge is -2.21.